The predicted octanol–water partition coefficient (Wildman–Crippen LogP) is 7.23. The molecule has 0 unspecified atom stereocenters. The van der Waals surface area contributed by atoms with Crippen molar-refractivity contribution in [3.8, 4) is 5.75 Å². The Labute approximate surface area is 337 Å². The van der Waals surface area contributed by atoms with E-state index in [1.165, 1.54) is 23.1 Å². The number of nitrogens with one attached hydrogen (secondary N) is 1. The van der Waals surface area contributed by atoms with Gasteiger partial charge >= 0.3 is 24.2 Å². The van der Waals surface area contributed by atoms with E-state index >= 15 is 0 Å². The number of β-lactam (4-membered cyclic amide) rings is 1. The van der Waals surface area contributed by atoms with E-state index in [0.29, 0.717) is 30.0 Å². The molecule has 5 amide bonds. The number of methoxy groups -OCH3 is 2. The number of rotatable bonds is 11. The van der Waals surface area contributed by atoms with Gasteiger partial charge in [0.05, 0.1) is 26.7 Å². The maximum Gasteiger partial charge on any atom is 0.416 e. The van der Waals surface area contributed by atoms with E-state index in [1.807, 2.05) is 54.6 Å². The van der Waals surface area contributed by atoms with Crippen LogP contribution >= 0.6 is 0 Å². The summed E-state index contributed by atoms with van der Waals surface area (Å²) in [5, 5.41) is 2.65. The molecule has 302 valence electrons. The number of benzene rings is 3. The van der Waals surface area contributed by atoms with Crippen LogP contribution in [0.25, 0.3) is 5.57 Å². The largest absolute Gasteiger partial charge is 0.497 e. The number of nitrogens with zero attached hydrogens (tertiary/aromatic N) is 4. The third kappa shape index (κ3) is 9.99. The molecule has 2 atom stereocenters. The minimum atomic E-state index is -1.21. The molecule has 0 saturated carbocycles. The first kappa shape index (κ1) is 40.9. The number of hydrogen-bond donors (Lipinski definition) is 1. The molecule has 0 radical (unpaired) electrons. The van der Waals surface area contributed by atoms with Crippen molar-refractivity contribution in [3.63, 3.8) is 0 Å². The van der Waals surface area contributed by atoms with Crippen molar-refractivity contribution in [1.29, 1.82) is 0 Å². The van der Waals surface area contributed by atoms with Crippen molar-refractivity contribution in [2.45, 2.75) is 58.4 Å². The maximum atomic E-state index is 14.2. The van der Waals surface area contributed by atoms with Gasteiger partial charge in [0.25, 0.3) is 0 Å². The molecule has 2 aliphatic heterocycles. The van der Waals surface area contributed by atoms with Gasteiger partial charge in [0.15, 0.2) is 6.04 Å². The molecule has 3 heterocycles. The first-order chi connectivity index (χ1) is 27.8. The average Bonchev–Trinajstić information content (AvgIpc) is 3.22. The highest BCUT2D eigenvalue weighted by Crippen LogP contribution is 2.35. The van der Waals surface area contributed by atoms with Crippen molar-refractivity contribution in [3.05, 3.63) is 126 Å². The fourth-order valence-corrected chi connectivity index (χ4v) is 6.74. The number of anilines is 2. The van der Waals surface area contributed by atoms with Gasteiger partial charge in [-0.3, -0.25) is 15.0 Å². The van der Waals surface area contributed by atoms with E-state index in [4.69, 9.17) is 18.9 Å². The van der Waals surface area contributed by atoms with Crippen LogP contribution in [0.15, 0.2) is 103 Å². The zero-order valence-corrected chi connectivity index (χ0v) is 33.2. The summed E-state index contributed by atoms with van der Waals surface area (Å²) in [6.45, 7) is 5.91. The molecule has 14 nitrogen and oxygen atoms in total. The van der Waals surface area contributed by atoms with Crippen LogP contribution < -0.4 is 15.0 Å². The van der Waals surface area contributed by atoms with Crippen molar-refractivity contribution >= 4 is 47.2 Å². The Morgan fingerprint density at radius 1 is 0.897 bits per heavy atom. The molecule has 0 spiro atoms. The second kappa shape index (κ2) is 18.0. The van der Waals surface area contributed by atoms with Crippen LogP contribution in [0.4, 0.5) is 25.9 Å². The lowest BCUT2D eigenvalue weighted by Gasteiger charge is -2.46. The quantitative estimate of drug-likeness (QED) is 0.0934. The summed E-state index contributed by atoms with van der Waals surface area (Å²) in [5.41, 5.74) is 3.49. The van der Waals surface area contributed by atoms with Crippen LogP contribution in [-0.4, -0.2) is 83.8 Å². The molecular formula is C44H47N5O9. The molecule has 0 aliphatic carbocycles. The van der Waals surface area contributed by atoms with Crippen LogP contribution in [0.3, 0.4) is 0 Å². The third-order valence-corrected chi connectivity index (χ3v) is 9.63. The Morgan fingerprint density at radius 2 is 1.66 bits per heavy atom. The van der Waals surface area contributed by atoms with Gasteiger partial charge in [-0.05, 0) is 97.8 Å². The summed E-state index contributed by atoms with van der Waals surface area (Å²) in [6, 6.07) is 25.1. The molecule has 2 aliphatic rings. The number of carbonyl (C=O) groups excluding carboxylic acids is 5. The Kier molecular flexibility index (Phi) is 12.7. The summed E-state index contributed by atoms with van der Waals surface area (Å²) in [7, 11) is 2.85. The second-order valence-electron chi connectivity index (χ2n) is 14.9. The number of pyridine rings is 1. The number of esters is 1. The van der Waals surface area contributed by atoms with Gasteiger partial charge in [0.1, 0.15) is 23.8 Å². The lowest BCUT2D eigenvalue weighted by molar-refractivity contribution is -0.171. The van der Waals surface area contributed by atoms with Crippen LogP contribution in [0.2, 0.25) is 0 Å². The Hall–Kier alpha value is -6.70. The van der Waals surface area contributed by atoms with Gasteiger partial charge in [-0.1, -0.05) is 60.7 Å². The fourth-order valence-electron chi connectivity index (χ4n) is 6.74. The van der Waals surface area contributed by atoms with E-state index in [9.17, 15) is 24.0 Å². The summed E-state index contributed by atoms with van der Waals surface area (Å²) >= 11 is 0. The number of imide groups is 1. The number of urea groups is 1. The summed E-state index contributed by atoms with van der Waals surface area (Å²) in [5.74, 6) is -1.21. The highest BCUT2D eigenvalue weighted by atomic mass is 16.6. The van der Waals surface area contributed by atoms with E-state index in [2.05, 4.69) is 10.3 Å². The number of ether oxygens (including phenoxy) is 4. The van der Waals surface area contributed by atoms with E-state index in [0.717, 1.165) is 27.2 Å². The Balaban J connectivity index is 1.23. The molecule has 4 aromatic rings. The van der Waals surface area contributed by atoms with Gasteiger partial charge in [-0.15, -0.1) is 0 Å². The van der Waals surface area contributed by atoms with Crippen molar-refractivity contribution in [1.82, 2.24) is 14.8 Å². The molecule has 0 bridgehead atoms. The average molecular weight is 790 g/mol. The monoisotopic (exact) mass is 789 g/mol. The van der Waals surface area contributed by atoms with Gasteiger partial charge in [0, 0.05) is 25.0 Å². The topological polar surface area (TPSA) is 157 Å². The highest BCUT2D eigenvalue weighted by molar-refractivity contribution is 6.08. The molecule has 1 N–H and O–H groups in total. The Bertz CT molecular complexity index is 2170. The molecular weight excluding hydrogens is 743 g/mol. The number of likely N-dealkylation sites (tertiary alicyclic amines) is 1. The van der Waals surface area contributed by atoms with E-state index in [-0.39, 0.29) is 31.9 Å². The van der Waals surface area contributed by atoms with Gasteiger partial charge < -0.3 is 23.8 Å². The van der Waals surface area contributed by atoms with Crippen molar-refractivity contribution in [2.24, 2.45) is 5.92 Å². The second-order valence-corrected chi connectivity index (χ2v) is 14.9. The summed E-state index contributed by atoms with van der Waals surface area (Å²) < 4.78 is 21.5. The van der Waals surface area contributed by atoms with Gasteiger partial charge in [0.2, 0.25) is 5.91 Å². The number of hydrogen-bond acceptors (Lipinski definition) is 10. The van der Waals surface area contributed by atoms with Crippen molar-refractivity contribution < 1.29 is 42.9 Å². The number of carbonyl (C=O) groups is 5. The normalized spacial score (nSPS) is 16.4. The lowest BCUT2D eigenvalue weighted by Crippen LogP contribution is -2.69. The zero-order chi connectivity index (χ0) is 41.4. The minimum Gasteiger partial charge on any atom is -0.497 e. The smallest absolute Gasteiger partial charge is 0.416 e. The lowest BCUT2D eigenvalue weighted by atomic mass is 9.82. The minimum absolute atomic E-state index is 0.0404. The van der Waals surface area contributed by atoms with E-state index < -0.39 is 47.7 Å². The fraction of sp³-hybridized carbons (Fsp3) is 0.318. The van der Waals surface area contributed by atoms with Gasteiger partial charge in [-0.25, -0.2) is 29.1 Å². The standard InChI is InChI=1S/C44H47N5O9/c1-44(2,3)58-43(54)48(26-29-16-18-35(55-4)19-17-29)37-24-31(20-21-45-37)23-36-38(40(51)57-28-30-11-7-6-8-12-30)49(39(36)50)42(53)47-22-10-14-33(27-47)32-13-9-15-34(25-32)46-41(52)56-5/h6-9,11-21,24-25,36,38H,10,22-23,26-28H2,1-5H3,(H,46,52)/t36-,38+/m1/s1. The first-order valence-corrected chi connectivity index (χ1v) is 18.9. The molecule has 3 aromatic carbocycles. The summed E-state index contributed by atoms with van der Waals surface area (Å²) in [4.78, 5) is 75.9. The van der Waals surface area contributed by atoms with Crippen LogP contribution in [0.5, 0.6) is 5.75 Å². The third-order valence-electron chi connectivity index (χ3n) is 9.63. The van der Waals surface area contributed by atoms with E-state index in [1.54, 1.807) is 70.3 Å². The SMILES string of the molecule is COC(=O)Nc1cccc(C2=CCCN(C(=O)N3C(=O)[C@H](Cc4ccnc(N(Cc5ccc(OC)cc5)C(=O)OC(C)(C)C)c4)[C@H]3C(=O)OCc3ccccc3)C2)c1. The first-order valence-electron chi connectivity index (χ1n) is 18.9. The zero-order valence-electron chi connectivity index (χ0n) is 33.2. The molecule has 1 saturated heterocycles. The molecule has 14 heteroatoms. The molecule has 58 heavy (non-hydrogen) atoms. The summed E-state index contributed by atoms with van der Waals surface area (Å²) in [6.07, 6.45) is 2.88. The van der Waals surface area contributed by atoms with Crippen LogP contribution in [-0.2, 0) is 43.4 Å². The Morgan fingerprint density at radius 3 is 2.36 bits per heavy atom. The predicted molar refractivity (Wildman–Crippen MR) is 216 cm³/mol. The number of amides is 5. The van der Waals surface area contributed by atoms with Crippen molar-refractivity contribution in [2.75, 3.05) is 37.5 Å². The van der Waals surface area contributed by atoms with Crippen LogP contribution in [0, 0.1) is 5.92 Å². The van der Waals surface area contributed by atoms with Crippen LogP contribution in [0.1, 0.15) is 49.4 Å². The van der Waals surface area contributed by atoms with Gasteiger partial charge in [-0.2, -0.15) is 0 Å². The number of aromatic nitrogens is 1. The maximum absolute atomic E-state index is 14.2. The molecule has 1 fully saturated rings. The molecule has 6 rings (SSSR count). The highest BCUT2D eigenvalue weighted by Gasteiger charge is 2.56. The molecule has 1 aromatic heterocycles.